The van der Waals surface area contributed by atoms with Gasteiger partial charge in [-0.1, -0.05) is 18.2 Å². The van der Waals surface area contributed by atoms with Gasteiger partial charge in [-0.3, -0.25) is 4.79 Å². The molecule has 23 heavy (non-hydrogen) atoms. The predicted molar refractivity (Wildman–Crippen MR) is 92.7 cm³/mol. The molecule has 0 bridgehead atoms. The molecule has 0 radical (unpaired) electrons. The Bertz CT molecular complexity index is 636. The van der Waals surface area contributed by atoms with E-state index in [4.69, 9.17) is 0 Å². The molecule has 122 valence electrons. The van der Waals surface area contributed by atoms with Crippen LogP contribution in [0.5, 0.6) is 0 Å². The lowest BCUT2D eigenvalue weighted by Crippen LogP contribution is -2.36. The Kier molecular flexibility index (Phi) is 6.17. The van der Waals surface area contributed by atoms with Gasteiger partial charge in [-0.25, -0.2) is 4.79 Å². The summed E-state index contributed by atoms with van der Waals surface area (Å²) in [6.45, 7) is 1.05. The third-order valence-corrected chi connectivity index (χ3v) is 4.23. The van der Waals surface area contributed by atoms with Crippen LogP contribution in [0.2, 0.25) is 0 Å². The van der Waals surface area contributed by atoms with Crippen molar-refractivity contribution in [2.24, 2.45) is 0 Å². The molecule has 0 aliphatic heterocycles. The van der Waals surface area contributed by atoms with Crippen LogP contribution in [0, 0.1) is 0 Å². The zero-order valence-electron chi connectivity index (χ0n) is 13.3. The van der Waals surface area contributed by atoms with Crippen LogP contribution in [-0.2, 0) is 13.0 Å². The van der Waals surface area contributed by atoms with Gasteiger partial charge in [-0.15, -0.1) is 11.3 Å². The molecule has 1 heterocycles. The second kappa shape index (κ2) is 8.33. The highest BCUT2D eigenvalue weighted by Gasteiger charge is 2.07. The third kappa shape index (κ3) is 5.41. The Balaban J connectivity index is 1.72. The fourth-order valence-corrected chi connectivity index (χ4v) is 2.73. The van der Waals surface area contributed by atoms with Crippen LogP contribution in [0.3, 0.4) is 0 Å². The van der Waals surface area contributed by atoms with Crippen molar-refractivity contribution in [3.63, 3.8) is 0 Å². The van der Waals surface area contributed by atoms with E-state index in [0.29, 0.717) is 18.7 Å². The van der Waals surface area contributed by atoms with Crippen molar-refractivity contribution in [1.29, 1.82) is 0 Å². The van der Waals surface area contributed by atoms with Crippen LogP contribution < -0.4 is 10.6 Å². The Morgan fingerprint density at radius 1 is 1.09 bits per heavy atom. The minimum atomic E-state index is -0.185. The topological polar surface area (TPSA) is 61.4 Å². The molecule has 0 aliphatic rings. The summed E-state index contributed by atoms with van der Waals surface area (Å²) in [4.78, 5) is 26.3. The maximum absolute atomic E-state index is 11.8. The first-order valence-electron chi connectivity index (χ1n) is 7.41. The summed E-state index contributed by atoms with van der Waals surface area (Å²) in [6, 6.07) is 11.1. The summed E-state index contributed by atoms with van der Waals surface area (Å²) < 4.78 is 0. The molecule has 0 aliphatic carbocycles. The summed E-state index contributed by atoms with van der Waals surface area (Å²) in [6.07, 6.45) is 0.840. The average Bonchev–Trinajstić information content (AvgIpc) is 3.06. The molecule has 0 saturated carbocycles. The Morgan fingerprint density at radius 2 is 1.83 bits per heavy atom. The smallest absolute Gasteiger partial charge is 0.315 e. The Labute approximate surface area is 140 Å². The fourth-order valence-electron chi connectivity index (χ4n) is 2.02. The minimum absolute atomic E-state index is 0.0316. The number of urea groups is 1. The van der Waals surface area contributed by atoms with Crippen molar-refractivity contribution in [1.82, 2.24) is 15.5 Å². The first-order chi connectivity index (χ1) is 11.1. The molecule has 2 N–H and O–H groups in total. The molecule has 6 heteroatoms. The van der Waals surface area contributed by atoms with E-state index in [1.807, 2.05) is 23.6 Å². The largest absolute Gasteiger partial charge is 0.345 e. The van der Waals surface area contributed by atoms with E-state index in [-0.39, 0.29) is 11.9 Å². The number of thiophene rings is 1. The average molecular weight is 331 g/mol. The summed E-state index contributed by atoms with van der Waals surface area (Å²) in [7, 11) is 3.44. The van der Waals surface area contributed by atoms with Crippen molar-refractivity contribution in [2.75, 3.05) is 20.6 Å². The van der Waals surface area contributed by atoms with E-state index in [9.17, 15) is 9.59 Å². The van der Waals surface area contributed by atoms with Gasteiger partial charge in [0.1, 0.15) is 0 Å². The van der Waals surface area contributed by atoms with Gasteiger partial charge in [0.05, 0.1) is 0 Å². The van der Waals surface area contributed by atoms with Crippen LogP contribution in [0.25, 0.3) is 0 Å². The van der Waals surface area contributed by atoms with Gasteiger partial charge in [-0.05, 0) is 35.6 Å². The van der Waals surface area contributed by atoms with E-state index in [0.717, 1.165) is 12.0 Å². The van der Waals surface area contributed by atoms with E-state index >= 15 is 0 Å². The minimum Gasteiger partial charge on any atom is -0.345 e. The van der Waals surface area contributed by atoms with E-state index in [2.05, 4.69) is 16.7 Å². The molecule has 0 saturated heterocycles. The SMILES string of the molecule is CN(C)C(=O)c1ccc(CNC(=O)NCCc2cccs2)cc1. The van der Waals surface area contributed by atoms with Crippen LogP contribution >= 0.6 is 11.3 Å². The number of hydrogen-bond donors (Lipinski definition) is 2. The Morgan fingerprint density at radius 3 is 2.43 bits per heavy atom. The number of rotatable bonds is 6. The number of hydrogen-bond acceptors (Lipinski definition) is 3. The molecule has 0 spiro atoms. The monoisotopic (exact) mass is 331 g/mol. The number of carbonyl (C=O) groups is 2. The summed E-state index contributed by atoms with van der Waals surface area (Å²) in [5.74, 6) is -0.0316. The zero-order valence-corrected chi connectivity index (χ0v) is 14.2. The molecule has 2 aromatic rings. The highest BCUT2D eigenvalue weighted by Crippen LogP contribution is 2.08. The first kappa shape index (κ1) is 17.0. The molecular weight excluding hydrogens is 310 g/mol. The fraction of sp³-hybridized carbons (Fsp3) is 0.294. The summed E-state index contributed by atoms with van der Waals surface area (Å²) in [5, 5.41) is 7.67. The summed E-state index contributed by atoms with van der Waals surface area (Å²) >= 11 is 1.69. The van der Waals surface area contributed by atoms with Crippen LogP contribution in [0.1, 0.15) is 20.8 Å². The standard InChI is InChI=1S/C17H21N3O2S/c1-20(2)16(21)14-7-5-13(6-8-14)12-19-17(22)18-10-9-15-4-3-11-23-15/h3-8,11H,9-10,12H2,1-2H3,(H2,18,19,22). The lowest BCUT2D eigenvalue weighted by atomic mass is 10.1. The van der Waals surface area contributed by atoms with Gasteiger partial charge in [-0.2, -0.15) is 0 Å². The van der Waals surface area contributed by atoms with Crippen molar-refractivity contribution >= 4 is 23.3 Å². The second-order valence-electron chi connectivity index (χ2n) is 5.34. The highest BCUT2D eigenvalue weighted by molar-refractivity contribution is 7.09. The van der Waals surface area contributed by atoms with Crippen LogP contribution in [0.15, 0.2) is 41.8 Å². The molecule has 0 fully saturated rings. The first-order valence-corrected chi connectivity index (χ1v) is 8.29. The molecule has 3 amide bonds. The van der Waals surface area contributed by atoms with Gasteiger partial charge in [0, 0.05) is 37.6 Å². The van der Waals surface area contributed by atoms with E-state index < -0.39 is 0 Å². The maximum atomic E-state index is 11.8. The van der Waals surface area contributed by atoms with Gasteiger partial charge < -0.3 is 15.5 Å². The molecule has 0 unspecified atom stereocenters. The van der Waals surface area contributed by atoms with E-state index in [1.165, 1.54) is 9.78 Å². The normalized spacial score (nSPS) is 10.2. The second-order valence-corrected chi connectivity index (χ2v) is 6.37. The lowest BCUT2D eigenvalue weighted by Gasteiger charge is -2.11. The van der Waals surface area contributed by atoms with Gasteiger partial charge >= 0.3 is 6.03 Å². The maximum Gasteiger partial charge on any atom is 0.315 e. The number of nitrogens with zero attached hydrogens (tertiary/aromatic N) is 1. The van der Waals surface area contributed by atoms with Crippen molar-refractivity contribution in [2.45, 2.75) is 13.0 Å². The Hall–Kier alpha value is -2.34. The zero-order chi connectivity index (χ0) is 16.7. The van der Waals surface area contributed by atoms with E-state index in [1.54, 1.807) is 37.6 Å². The quantitative estimate of drug-likeness (QED) is 0.854. The highest BCUT2D eigenvalue weighted by atomic mass is 32.1. The molecule has 5 nitrogen and oxygen atoms in total. The van der Waals surface area contributed by atoms with Crippen LogP contribution in [0.4, 0.5) is 4.79 Å². The molecule has 0 atom stereocenters. The van der Waals surface area contributed by atoms with Crippen LogP contribution in [-0.4, -0.2) is 37.5 Å². The van der Waals surface area contributed by atoms with Crippen molar-refractivity contribution < 1.29 is 9.59 Å². The van der Waals surface area contributed by atoms with Gasteiger partial charge in [0.15, 0.2) is 0 Å². The van der Waals surface area contributed by atoms with Gasteiger partial charge in [0.2, 0.25) is 0 Å². The molecule has 1 aromatic heterocycles. The number of benzene rings is 1. The van der Waals surface area contributed by atoms with Gasteiger partial charge in [0.25, 0.3) is 5.91 Å². The van der Waals surface area contributed by atoms with Crippen molar-refractivity contribution in [3.05, 3.63) is 57.8 Å². The molecule has 2 rings (SSSR count). The molecule has 1 aromatic carbocycles. The molecular formula is C17H21N3O2S. The third-order valence-electron chi connectivity index (χ3n) is 3.30. The number of carbonyl (C=O) groups excluding carboxylic acids is 2. The van der Waals surface area contributed by atoms with Crippen molar-refractivity contribution in [3.8, 4) is 0 Å². The number of amides is 3. The predicted octanol–water partition coefficient (Wildman–Crippen LogP) is 2.49. The lowest BCUT2D eigenvalue weighted by molar-refractivity contribution is 0.0827. The summed E-state index contributed by atoms with van der Waals surface area (Å²) in [5.41, 5.74) is 1.59. The number of nitrogens with one attached hydrogen (secondary N) is 2.